The third kappa shape index (κ3) is 3.68. The highest BCUT2D eigenvalue weighted by molar-refractivity contribution is 5.98. The molecule has 0 fully saturated rings. The van der Waals surface area contributed by atoms with Crippen LogP contribution in [-0.4, -0.2) is 33.0 Å². The molecule has 0 aliphatic heterocycles. The van der Waals surface area contributed by atoms with Crippen LogP contribution in [0, 0.1) is 0 Å². The molecule has 4 rings (SSSR count). The van der Waals surface area contributed by atoms with E-state index in [0.717, 1.165) is 27.8 Å². The van der Waals surface area contributed by atoms with Crippen molar-refractivity contribution in [1.29, 1.82) is 0 Å². The summed E-state index contributed by atoms with van der Waals surface area (Å²) < 4.78 is 2.10. The number of aromatic nitrogens is 2. The maximum atomic E-state index is 12.5. The molecule has 0 saturated heterocycles. The highest BCUT2D eigenvalue weighted by atomic mass is 16.3. The number of carbonyl (C=O) groups is 1. The van der Waals surface area contributed by atoms with Gasteiger partial charge in [-0.15, -0.1) is 0 Å². The first-order valence-electron chi connectivity index (χ1n) is 10.2. The molecule has 1 amide bonds. The number of carbonyl (C=O) groups excluding carboxylic acids is 1. The molecule has 0 saturated carbocycles. The number of hydrogen-bond donors (Lipinski definition) is 2. The summed E-state index contributed by atoms with van der Waals surface area (Å²) in [7, 11) is 0. The summed E-state index contributed by atoms with van der Waals surface area (Å²) in [5.74, 6) is -0.219. The topological polar surface area (TPSA) is 66.6 Å². The van der Waals surface area contributed by atoms with Crippen LogP contribution in [0.3, 0.4) is 0 Å². The SMILES string of the molecule is C[C@H](CO)NC(=O)c1ccc2c(c1)nc(-c1ccc(C(C)(C)C)cc1)c1cccn12. The molecule has 30 heavy (non-hydrogen) atoms. The van der Waals surface area contributed by atoms with E-state index in [1.807, 2.05) is 18.3 Å². The number of benzene rings is 2. The predicted molar refractivity (Wildman–Crippen MR) is 121 cm³/mol. The molecule has 4 aromatic rings. The normalized spacial score (nSPS) is 13.0. The van der Waals surface area contributed by atoms with Crippen LogP contribution >= 0.6 is 0 Å². The second kappa shape index (κ2) is 7.58. The predicted octanol–water partition coefficient (Wildman–Crippen LogP) is 4.56. The molecular weight excluding hydrogens is 374 g/mol. The summed E-state index contributed by atoms with van der Waals surface area (Å²) in [6.45, 7) is 8.26. The minimum atomic E-state index is -0.301. The summed E-state index contributed by atoms with van der Waals surface area (Å²) in [6, 6.07) is 17.8. The van der Waals surface area contributed by atoms with Gasteiger partial charge in [-0.25, -0.2) is 4.98 Å². The molecule has 154 valence electrons. The summed E-state index contributed by atoms with van der Waals surface area (Å²) >= 11 is 0. The lowest BCUT2D eigenvalue weighted by Gasteiger charge is -2.19. The monoisotopic (exact) mass is 401 g/mol. The molecule has 0 unspecified atom stereocenters. The molecule has 2 heterocycles. The summed E-state index contributed by atoms with van der Waals surface area (Å²) in [4.78, 5) is 17.4. The number of aliphatic hydroxyl groups excluding tert-OH is 1. The summed E-state index contributed by atoms with van der Waals surface area (Å²) in [5.41, 5.74) is 6.53. The van der Waals surface area contributed by atoms with Gasteiger partial charge in [0.1, 0.15) is 0 Å². The van der Waals surface area contributed by atoms with Crippen molar-refractivity contribution in [1.82, 2.24) is 14.7 Å². The molecule has 0 spiro atoms. The lowest BCUT2D eigenvalue weighted by molar-refractivity contribution is 0.0922. The van der Waals surface area contributed by atoms with Gasteiger partial charge >= 0.3 is 0 Å². The molecule has 0 aliphatic carbocycles. The fraction of sp³-hybridized carbons (Fsp3) is 0.280. The Balaban J connectivity index is 1.83. The Bertz CT molecular complexity index is 1220. The Morgan fingerprint density at radius 3 is 2.50 bits per heavy atom. The lowest BCUT2D eigenvalue weighted by atomic mass is 9.86. The maximum absolute atomic E-state index is 12.5. The smallest absolute Gasteiger partial charge is 0.251 e. The fourth-order valence-corrected chi connectivity index (χ4v) is 3.61. The number of hydrogen-bond acceptors (Lipinski definition) is 3. The minimum Gasteiger partial charge on any atom is -0.394 e. The zero-order chi connectivity index (χ0) is 21.5. The number of aliphatic hydroxyl groups is 1. The van der Waals surface area contributed by atoms with E-state index in [2.05, 4.69) is 60.8 Å². The van der Waals surface area contributed by atoms with Gasteiger partial charge in [0, 0.05) is 23.4 Å². The Morgan fingerprint density at radius 1 is 1.10 bits per heavy atom. The molecule has 2 aromatic heterocycles. The molecule has 0 bridgehead atoms. The molecule has 0 aliphatic rings. The second-order valence-corrected chi connectivity index (χ2v) is 8.81. The molecule has 0 radical (unpaired) electrons. The van der Waals surface area contributed by atoms with Crippen molar-refractivity contribution in [2.75, 3.05) is 6.61 Å². The van der Waals surface area contributed by atoms with E-state index < -0.39 is 0 Å². The Labute approximate surface area is 176 Å². The largest absolute Gasteiger partial charge is 0.394 e. The van der Waals surface area contributed by atoms with Crippen molar-refractivity contribution in [3.8, 4) is 11.3 Å². The van der Waals surface area contributed by atoms with Crippen molar-refractivity contribution in [2.24, 2.45) is 0 Å². The lowest BCUT2D eigenvalue weighted by Crippen LogP contribution is -2.34. The fourth-order valence-electron chi connectivity index (χ4n) is 3.61. The average Bonchev–Trinajstić information content (AvgIpc) is 3.22. The van der Waals surface area contributed by atoms with E-state index in [9.17, 15) is 9.90 Å². The van der Waals surface area contributed by atoms with Crippen molar-refractivity contribution in [2.45, 2.75) is 39.2 Å². The first kappa shape index (κ1) is 20.1. The van der Waals surface area contributed by atoms with Crippen LogP contribution in [0.15, 0.2) is 60.8 Å². The van der Waals surface area contributed by atoms with Gasteiger partial charge in [0.25, 0.3) is 5.91 Å². The van der Waals surface area contributed by atoms with Gasteiger partial charge in [0.05, 0.1) is 28.9 Å². The van der Waals surface area contributed by atoms with Gasteiger partial charge in [-0.05, 0) is 48.2 Å². The van der Waals surface area contributed by atoms with Gasteiger partial charge in [-0.3, -0.25) is 4.79 Å². The van der Waals surface area contributed by atoms with Crippen LogP contribution < -0.4 is 5.32 Å². The summed E-state index contributed by atoms with van der Waals surface area (Å²) in [5, 5.41) is 12.0. The number of nitrogens with zero attached hydrogens (tertiary/aromatic N) is 2. The second-order valence-electron chi connectivity index (χ2n) is 8.81. The quantitative estimate of drug-likeness (QED) is 0.527. The Kier molecular flexibility index (Phi) is 5.08. The van der Waals surface area contributed by atoms with Crippen LogP contribution in [0.1, 0.15) is 43.6 Å². The van der Waals surface area contributed by atoms with E-state index in [0.29, 0.717) is 5.56 Å². The maximum Gasteiger partial charge on any atom is 0.251 e. The minimum absolute atomic E-state index is 0.0910. The van der Waals surface area contributed by atoms with Crippen molar-refractivity contribution < 1.29 is 9.90 Å². The summed E-state index contributed by atoms with van der Waals surface area (Å²) in [6.07, 6.45) is 2.01. The Hall–Kier alpha value is -3.18. The standard InChI is InChI=1S/C25H27N3O2/c1-16(15-29)26-24(30)18-9-12-21-20(14-18)27-23(22-6-5-13-28(21)22)17-7-10-19(11-8-17)25(2,3)4/h5-14,16,29H,15H2,1-4H3,(H,26,30)/t16-/m1/s1. The van der Waals surface area contributed by atoms with Crippen LogP contribution in [0.25, 0.3) is 27.8 Å². The average molecular weight is 402 g/mol. The van der Waals surface area contributed by atoms with Gasteiger partial charge in [0.15, 0.2) is 0 Å². The number of rotatable bonds is 4. The zero-order valence-corrected chi connectivity index (χ0v) is 17.8. The van der Waals surface area contributed by atoms with Crippen LogP contribution in [0.4, 0.5) is 0 Å². The van der Waals surface area contributed by atoms with Crippen LogP contribution in [0.5, 0.6) is 0 Å². The van der Waals surface area contributed by atoms with Gasteiger partial charge < -0.3 is 14.8 Å². The van der Waals surface area contributed by atoms with Crippen LogP contribution in [-0.2, 0) is 5.41 Å². The number of amides is 1. The molecule has 5 nitrogen and oxygen atoms in total. The molecule has 5 heteroatoms. The molecule has 1 atom stereocenters. The van der Waals surface area contributed by atoms with E-state index in [4.69, 9.17) is 4.98 Å². The van der Waals surface area contributed by atoms with Crippen molar-refractivity contribution >= 4 is 22.5 Å². The van der Waals surface area contributed by atoms with Crippen molar-refractivity contribution in [3.63, 3.8) is 0 Å². The van der Waals surface area contributed by atoms with Crippen molar-refractivity contribution in [3.05, 3.63) is 71.9 Å². The molecule has 2 N–H and O–H groups in total. The van der Waals surface area contributed by atoms with Gasteiger partial charge in [-0.1, -0.05) is 45.0 Å². The molecule has 2 aromatic carbocycles. The van der Waals surface area contributed by atoms with E-state index in [1.165, 1.54) is 5.56 Å². The van der Waals surface area contributed by atoms with E-state index in [-0.39, 0.29) is 24.0 Å². The first-order valence-corrected chi connectivity index (χ1v) is 10.2. The zero-order valence-electron chi connectivity index (χ0n) is 17.8. The highest BCUT2D eigenvalue weighted by Crippen LogP contribution is 2.30. The van der Waals surface area contributed by atoms with E-state index in [1.54, 1.807) is 19.1 Å². The van der Waals surface area contributed by atoms with E-state index >= 15 is 0 Å². The number of fused-ring (bicyclic) bond motifs is 3. The third-order valence-corrected chi connectivity index (χ3v) is 5.40. The highest BCUT2D eigenvalue weighted by Gasteiger charge is 2.16. The number of nitrogens with one attached hydrogen (secondary N) is 1. The van der Waals surface area contributed by atoms with Crippen LogP contribution in [0.2, 0.25) is 0 Å². The third-order valence-electron chi connectivity index (χ3n) is 5.40. The van der Waals surface area contributed by atoms with Gasteiger partial charge in [0.2, 0.25) is 0 Å². The molecular formula is C25H27N3O2. The Morgan fingerprint density at radius 2 is 1.83 bits per heavy atom. The van der Waals surface area contributed by atoms with Gasteiger partial charge in [-0.2, -0.15) is 0 Å². The first-order chi connectivity index (χ1) is 14.3.